The van der Waals surface area contributed by atoms with E-state index in [2.05, 4.69) is 20.4 Å². The summed E-state index contributed by atoms with van der Waals surface area (Å²) in [6.07, 6.45) is 3.39. The molecule has 1 aliphatic heterocycles. The highest BCUT2D eigenvalue weighted by Crippen LogP contribution is 2.24. The van der Waals surface area contributed by atoms with Gasteiger partial charge in [-0.3, -0.25) is 9.69 Å². The highest BCUT2D eigenvalue weighted by Gasteiger charge is 2.27. The van der Waals surface area contributed by atoms with Gasteiger partial charge in [-0.2, -0.15) is 4.98 Å². The van der Waals surface area contributed by atoms with Gasteiger partial charge in [-0.05, 0) is 74.3 Å². The lowest BCUT2D eigenvalue weighted by atomic mass is 9.94. The molecule has 36 heavy (non-hydrogen) atoms. The minimum Gasteiger partial charge on any atom is -0.497 e. The van der Waals surface area contributed by atoms with Crippen LogP contribution in [0.1, 0.15) is 43.7 Å². The first kappa shape index (κ1) is 25.8. The van der Waals surface area contributed by atoms with E-state index in [-0.39, 0.29) is 22.8 Å². The largest absolute Gasteiger partial charge is 0.497 e. The van der Waals surface area contributed by atoms with Gasteiger partial charge in [0.25, 0.3) is 0 Å². The first-order valence-corrected chi connectivity index (χ1v) is 14.0. The highest BCUT2D eigenvalue weighted by molar-refractivity contribution is 7.90. The Kier molecular flexibility index (Phi) is 8.05. The normalized spacial score (nSPS) is 16.0. The molecule has 10 heteroatoms. The third-order valence-electron chi connectivity index (χ3n) is 6.57. The van der Waals surface area contributed by atoms with Crippen LogP contribution in [0.4, 0.5) is 0 Å². The van der Waals surface area contributed by atoms with Gasteiger partial charge in [0.05, 0.1) is 24.6 Å². The van der Waals surface area contributed by atoms with E-state index in [1.54, 1.807) is 31.4 Å². The number of rotatable bonds is 9. The Morgan fingerprint density at radius 3 is 2.39 bits per heavy atom. The molecule has 9 nitrogen and oxygen atoms in total. The molecule has 1 unspecified atom stereocenters. The van der Waals surface area contributed by atoms with Crippen molar-refractivity contribution in [2.45, 2.75) is 43.7 Å². The number of hydrogen-bond donors (Lipinski definition) is 1. The predicted molar refractivity (Wildman–Crippen MR) is 135 cm³/mol. The van der Waals surface area contributed by atoms with Crippen LogP contribution in [0.25, 0.3) is 11.4 Å². The van der Waals surface area contributed by atoms with E-state index >= 15 is 0 Å². The maximum absolute atomic E-state index is 13.0. The SMILES string of the molecule is CCC(NC(=O)C1CCN(Cc2nc(-c3ccc(OC)cc3)no2)CC1)c1ccc(S(C)(=O)=O)cc1. The molecular formula is C26H32N4O5S. The van der Waals surface area contributed by atoms with E-state index in [1.807, 2.05) is 31.2 Å². The van der Waals surface area contributed by atoms with Crippen molar-refractivity contribution in [3.63, 3.8) is 0 Å². The molecule has 0 aliphatic carbocycles. The van der Waals surface area contributed by atoms with E-state index in [0.717, 1.165) is 49.2 Å². The number of methoxy groups -OCH3 is 1. The fourth-order valence-electron chi connectivity index (χ4n) is 4.38. The number of likely N-dealkylation sites (tertiary alicyclic amines) is 1. The van der Waals surface area contributed by atoms with Gasteiger partial charge in [-0.1, -0.05) is 24.2 Å². The van der Waals surface area contributed by atoms with Crippen LogP contribution in [0.2, 0.25) is 0 Å². The van der Waals surface area contributed by atoms with E-state index < -0.39 is 9.84 Å². The topological polar surface area (TPSA) is 115 Å². The molecule has 1 fully saturated rings. The average Bonchev–Trinajstić information content (AvgIpc) is 3.35. The summed E-state index contributed by atoms with van der Waals surface area (Å²) in [6, 6.07) is 14.1. The number of aromatic nitrogens is 2. The van der Waals surface area contributed by atoms with Crippen molar-refractivity contribution in [3.05, 3.63) is 60.0 Å². The Balaban J connectivity index is 1.28. The van der Waals surface area contributed by atoms with Gasteiger partial charge in [0, 0.05) is 17.7 Å². The fourth-order valence-corrected chi connectivity index (χ4v) is 5.01. The second kappa shape index (κ2) is 11.2. The van der Waals surface area contributed by atoms with Crippen molar-refractivity contribution < 1.29 is 22.5 Å². The molecule has 1 N–H and O–H groups in total. The summed E-state index contributed by atoms with van der Waals surface area (Å²) >= 11 is 0. The van der Waals surface area contributed by atoms with Crippen LogP contribution in [-0.4, -0.2) is 55.8 Å². The summed E-state index contributed by atoms with van der Waals surface area (Å²) in [5, 5.41) is 7.24. The number of nitrogens with zero attached hydrogens (tertiary/aromatic N) is 3. The van der Waals surface area contributed by atoms with Crippen molar-refractivity contribution in [1.29, 1.82) is 0 Å². The standard InChI is InChI=1S/C26H32N4O5S/c1-4-23(18-7-11-22(12-8-18)36(3,32)33)27-26(31)20-13-15-30(16-14-20)17-24-28-25(29-35-24)19-5-9-21(34-2)10-6-19/h5-12,20,23H,4,13-17H2,1-3H3,(H,27,31). The van der Waals surface area contributed by atoms with Crippen LogP contribution in [0.3, 0.4) is 0 Å². The second-order valence-electron chi connectivity index (χ2n) is 9.10. The van der Waals surface area contributed by atoms with Gasteiger partial charge in [0.1, 0.15) is 5.75 Å². The first-order valence-electron chi connectivity index (χ1n) is 12.1. The van der Waals surface area contributed by atoms with Gasteiger partial charge in [0.15, 0.2) is 9.84 Å². The van der Waals surface area contributed by atoms with Gasteiger partial charge in [-0.15, -0.1) is 0 Å². The summed E-state index contributed by atoms with van der Waals surface area (Å²) in [6.45, 7) is 4.07. The molecule has 1 atom stereocenters. The van der Waals surface area contributed by atoms with Crippen LogP contribution in [0, 0.1) is 5.92 Å². The minimum atomic E-state index is -3.25. The molecule has 0 spiro atoms. The van der Waals surface area contributed by atoms with Crippen molar-refractivity contribution >= 4 is 15.7 Å². The van der Waals surface area contributed by atoms with E-state index in [0.29, 0.717) is 18.3 Å². The van der Waals surface area contributed by atoms with Crippen molar-refractivity contribution in [2.75, 3.05) is 26.5 Å². The molecule has 1 aliphatic rings. The third kappa shape index (κ3) is 6.30. The molecule has 0 bridgehead atoms. The van der Waals surface area contributed by atoms with Crippen molar-refractivity contribution in [2.24, 2.45) is 5.92 Å². The summed E-state index contributed by atoms with van der Waals surface area (Å²) in [5.74, 6) is 1.82. The molecule has 4 rings (SSSR count). The van der Waals surface area contributed by atoms with Gasteiger partial charge >= 0.3 is 0 Å². The zero-order valence-electron chi connectivity index (χ0n) is 20.8. The Morgan fingerprint density at radius 2 is 1.81 bits per heavy atom. The lowest BCUT2D eigenvalue weighted by Crippen LogP contribution is -2.41. The van der Waals surface area contributed by atoms with Crippen LogP contribution in [0.15, 0.2) is 57.9 Å². The molecule has 0 saturated carbocycles. The lowest BCUT2D eigenvalue weighted by molar-refractivity contribution is -0.127. The fraction of sp³-hybridized carbons (Fsp3) is 0.423. The summed E-state index contributed by atoms with van der Waals surface area (Å²) < 4.78 is 34.0. The second-order valence-corrected chi connectivity index (χ2v) is 11.1. The van der Waals surface area contributed by atoms with Gasteiger partial charge in [-0.25, -0.2) is 8.42 Å². The highest BCUT2D eigenvalue weighted by atomic mass is 32.2. The zero-order chi connectivity index (χ0) is 25.7. The molecule has 0 radical (unpaired) electrons. The summed E-state index contributed by atoms with van der Waals surface area (Å²) in [5.41, 5.74) is 1.76. The molecule has 1 amide bonds. The van der Waals surface area contributed by atoms with E-state index in [9.17, 15) is 13.2 Å². The number of nitrogens with one attached hydrogen (secondary N) is 1. The molecule has 2 aromatic carbocycles. The molecule has 2 heterocycles. The van der Waals surface area contributed by atoms with E-state index in [1.165, 1.54) is 6.26 Å². The number of sulfone groups is 1. The number of carbonyl (C=O) groups excluding carboxylic acids is 1. The molecule has 3 aromatic rings. The van der Waals surface area contributed by atoms with Crippen LogP contribution < -0.4 is 10.1 Å². The number of hydrogen-bond acceptors (Lipinski definition) is 8. The molecule has 1 saturated heterocycles. The first-order chi connectivity index (χ1) is 17.3. The van der Waals surface area contributed by atoms with Crippen LogP contribution in [-0.2, 0) is 21.2 Å². The monoisotopic (exact) mass is 512 g/mol. The molecular weight excluding hydrogens is 480 g/mol. The maximum atomic E-state index is 13.0. The quantitative estimate of drug-likeness (QED) is 0.462. The Hall–Kier alpha value is -3.24. The summed E-state index contributed by atoms with van der Waals surface area (Å²) in [7, 11) is -1.62. The number of carbonyl (C=O) groups is 1. The Labute approximate surface area is 211 Å². The molecule has 1 aromatic heterocycles. The van der Waals surface area contributed by atoms with Gasteiger partial charge in [0.2, 0.25) is 17.6 Å². The lowest BCUT2D eigenvalue weighted by Gasteiger charge is -2.31. The van der Waals surface area contributed by atoms with Crippen LogP contribution >= 0.6 is 0 Å². The predicted octanol–water partition coefficient (Wildman–Crippen LogP) is 3.63. The number of piperidine rings is 1. The Morgan fingerprint density at radius 1 is 1.14 bits per heavy atom. The Bertz CT molecular complexity index is 1260. The zero-order valence-corrected chi connectivity index (χ0v) is 21.6. The summed E-state index contributed by atoms with van der Waals surface area (Å²) in [4.78, 5) is 20.0. The number of amides is 1. The van der Waals surface area contributed by atoms with Crippen molar-refractivity contribution in [3.8, 4) is 17.1 Å². The smallest absolute Gasteiger partial charge is 0.241 e. The van der Waals surface area contributed by atoms with Gasteiger partial charge < -0.3 is 14.6 Å². The van der Waals surface area contributed by atoms with Crippen LogP contribution in [0.5, 0.6) is 5.75 Å². The third-order valence-corrected chi connectivity index (χ3v) is 7.70. The maximum Gasteiger partial charge on any atom is 0.241 e. The van der Waals surface area contributed by atoms with E-state index in [4.69, 9.17) is 9.26 Å². The molecule has 192 valence electrons. The van der Waals surface area contributed by atoms with Crippen molar-refractivity contribution in [1.82, 2.24) is 20.4 Å². The number of benzene rings is 2. The average molecular weight is 513 g/mol. The minimum absolute atomic E-state index is 0.0354. The number of ether oxygens (including phenoxy) is 1.